The van der Waals surface area contributed by atoms with E-state index in [0.29, 0.717) is 23.5 Å². The van der Waals surface area contributed by atoms with Crippen molar-refractivity contribution < 1.29 is 14.3 Å². The molecule has 4 heteroatoms. The zero-order chi connectivity index (χ0) is 21.2. The lowest BCUT2D eigenvalue weighted by Gasteiger charge is -2.12. The van der Waals surface area contributed by atoms with Gasteiger partial charge in [0, 0.05) is 25.2 Å². The van der Waals surface area contributed by atoms with E-state index in [9.17, 15) is 9.59 Å². The highest BCUT2D eigenvalue weighted by molar-refractivity contribution is 6.10. The van der Waals surface area contributed by atoms with Gasteiger partial charge >= 0.3 is 0 Å². The molecule has 0 bridgehead atoms. The molecule has 0 unspecified atom stereocenters. The number of allylic oxidation sites excluding steroid dienone is 1. The van der Waals surface area contributed by atoms with E-state index in [1.165, 1.54) is 10.5 Å². The van der Waals surface area contributed by atoms with Crippen molar-refractivity contribution in [1.82, 2.24) is 4.90 Å². The molecule has 0 aliphatic rings. The summed E-state index contributed by atoms with van der Waals surface area (Å²) in [5.74, 6) is 0.0660. The summed E-state index contributed by atoms with van der Waals surface area (Å²) in [7, 11) is 3.41. The third-order valence-corrected chi connectivity index (χ3v) is 4.57. The molecule has 0 saturated heterocycles. The first-order valence-corrected chi connectivity index (χ1v) is 10.3. The van der Waals surface area contributed by atoms with E-state index in [4.69, 9.17) is 4.74 Å². The molecule has 1 amide bonds. The molecular formula is C25H31NO3. The SMILES string of the molecule is CCCCOC(=Cc1cccc(CCC)c1)C(=O)c1ccc(C(=O)N(C)C)cc1. The standard InChI is InChI=1S/C25H31NO3/c1-5-7-16-29-23(18-20-11-8-10-19(17-20)9-6-2)24(27)21-12-14-22(15-13-21)25(28)26(3)4/h8,10-15,17-18H,5-7,9,16H2,1-4H3. The van der Waals surface area contributed by atoms with E-state index in [1.54, 1.807) is 38.4 Å². The number of rotatable bonds is 10. The van der Waals surface area contributed by atoms with E-state index in [1.807, 2.05) is 18.2 Å². The maximum atomic E-state index is 13.1. The Morgan fingerprint density at radius 2 is 1.66 bits per heavy atom. The highest BCUT2D eigenvalue weighted by Crippen LogP contribution is 2.18. The van der Waals surface area contributed by atoms with Gasteiger partial charge in [-0.25, -0.2) is 0 Å². The number of carbonyl (C=O) groups is 2. The lowest BCUT2D eigenvalue weighted by atomic mass is 10.0. The number of hydrogen-bond acceptors (Lipinski definition) is 3. The van der Waals surface area contributed by atoms with Gasteiger partial charge in [0.15, 0.2) is 5.76 Å². The van der Waals surface area contributed by atoms with Crippen molar-refractivity contribution in [2.24, 2.45) is 0 Å². The summed E-state index contributed by atoms with van der Waals surface area (Å²) in [6, 6.07) is 14.9. The van der Waals surface area contributed by atoms with E-state index in [-0.39, 0.29) is 11.7 Å². The fraction of sp³-hybridized carbons (Fsp3) is 0.360. The van der Waals surface area contributed by atoms with E-state index in [2.05, 4.69) is 26.0 Å². The third kappa shape index (κ3) is 6.60. The Hall–Kier alpha value is -2.88. The minimum Gasteiger partial charge on any atom is -0.489 e. The molecule has 0 fully saturated rings. The number of ketones is 1. The number of hydrogen-bond donors (Lipinski definition) is 0. The second-order valence-corrected chi connectivity index (χ2v) is 7.31. The van der Waals surface area contributed by atoms with E-state index >= 15 is 0 Å². The highest BCUT2D eigenvalue weighted by atomic mass is 16.5. The molecule has 2 aromatic carbocycles. The van der Waals surface area contributed by atoms with Gasteiger partial charge in [0.25, 0.3) is 5.91 Å². The van der Waals surface area contributed by atoms with Crippen LogP contribution in [-0.2, 0) is 11.2 Å². The molecule has 4 nitrogen and oxygen atoms in total. The fourth-order valence-corrected chi connectivity index (χ4v) is 2.94. The van der Waals surface area contributed by atoms with Gasteiger partial charge in [0.2, 0.25) is 5.78 Å². The second-order valence-electron chi connectivity index (χ2n) is 7.31. The van der Waals surface area contributed by atoms with Crippen LogP contribution < -0.4 is 0 Å². The third-order valence-electron chi connectivity index (χ3n) is 4.57. The molecule has 0 saturated carbocycles. The summed E-state index contributed by atoms with van der Waals surface area (Å²) in [5, 5.41) is 0. The molecular weight excluding hydrogens is 362 g/mol. The number of nitrogens with zero attached hydrogens (tertiary/aromatic N) is 1. The molecule has 0 radical (unpaired) electrons. The van der Waals surface area contributed by atoms with Crippen LogP contribution in [0, 0.1) is 0 Å². The molecule has 0 aliphatic carbocycles. The molecule has 29 heavy (non-hydrogen) atoms. The average Bonchev–Trinajstić information content (AvgIpc) is 2.72. The van der Waals surface area contributed by atoms with Crippen LogP contribution in [0.25, 0.3) is 6.08 Å². The second kappa shape index (κ2) is 11.2. The quantitative estimate of drug-likeness (QED) is 0.236. The Bertz CT molecular complexity index is 851. The van der Waals surface area contributed by atoms with Crippen LogP contribution in [0.5, 0.6) is 0 Å². The monoisotopic (exact) mass is 393 g/mol. The summed E-state index contributed by atoms with van der Waals surface area (Å²) in [5.41, 5.74) is 3.26. The van der Waals surface area contributed by atoms with Crippen molar-refractivity contribution in [3.8, 4) is 0 Å². The predicted octanol–water partition coefficient (Wildman–Crippen LogP) is 5.38. The minimum atomic E-state index is -0.175. The Balaban J connectivity index is 2.30. The van der Waals surface area contributed by atoms with Gasteiger partial charge in [-0.15, -0.1) is 0 Å². The fourth-order valence-electron chi connectivity index (χ4n) is 2.94. The maximum absolute atomic E-state index is 13.1. The smallest absolute Gasteiger partial charge is 0.253 e. The zero-order valence-electron chi connectivity index (χ0n) is 17.9. The molecule has 0 spiro atoms. The Labute approximate surface area is 174 Å². The molecule has 0 aliphatic heterocycles. The maximum Gasteiger partial charge on any atom is 0.253 e. The lowest BCUT2D eigenvalue weighted by Crippen LogP contribution is -2.21. The number of benzene rings is 2. The van der Waals surface area contributed by atoms with Gasteiger partial charge in [-0.05, 0) is 42.2 Å². The number of ether oxygens (including phenoxy) is 1. The van der Waals surface area contributed by atoms with Crippen molar-refractivity contribution >= 4 is 17.8 Å². The largest absolute Gasteiger partial charge is 0.489 e. The highest BCUT2D eigenvalue weighted by Gasteiger charge is 2.16. The summed E-state index contributed by atoms with van der Waals surface area (Å²) in [4.78, 5) is 26.7. The summed E-state index contributed by atoms with van der Waals surface area (Å²) < 4.78 is 5.85. The first-order chi connectivity index (χ1) is 14.0. The van der Waals surface area contributed by atoms with Gasteiger partial charge < -0.3 is 9.64 Å². The van der Waals surface area contributed by atoms with Crippen molar-refractivity contribution in [2.75, 3.05) is 20.7 Å². The molecule has 0 heterocycles. The van der Waals surface area contributed by atoms with Crippen molar-refractivity contribution in [2.45, 2.75) is 39.5 Å². The van der Waals surface area contributed by atoms with Gasteiger partial charge in [-0.3, -0.25) is 9.59 Å². The first kappa shape index (κ1) is 22.4. The summed E-state index contributed by atoms with van der Waals surface area (Å²) >= 11 is 0. The van der Waals surface area contributed by atoms with Crippen LogP contribution in [0.2, 0.25) is 0 Å². The van der Waals surface area contributed by atoms with E-state index in [0.717, 1.165) is 31.2 Å². The van der Waals surface area contributed by atoms with Crippen molar-refractivity contribution in [3.63, 3.8) is 0 Å². The van der Waals surface area contributed by atoms with Crippen molar-refractivity contribution in [1.29, 1.82) is 0 Å². The number of unbranched alkanes of at least 4 members (excludes halogenated alkanes) is 1. The number of carbonyl (C=O) groups excluding carboxylic acids is 2. The molecule has 0 aromatic heterocycles. The van der Waals surface area contributed by atoms with Crippen molar-refractivity contribution in [3.05, 3.63) is 76.5 Å². The summed E-state index contributed by atoms with van der Waals surface area (Å²) in [6.45, 7) is 4.74. The van der Waals surface area contributed by atoms with Gasteiger partial charge in [0.05, 0.1) is 6.61 Å². The zero-order valence-corrected chi connectivity index (χ0v) is 17.9. The van der Waals surface area contributed by atoms with Crippen LogP contribution in [0.15, 0.2) is 54.3 Å². The molecule has 2 aromatic rings. The topological polar surface area (TPSA) is 46.6 Å². The Morgan fingerprint density at radius 3 is 2.28 bits per heavy atom. The molecule has 0 atom stereocenters. The minimum absolute atomic E-state index is 0.0910. The Morgan fingerprint density at radius 1 is 0.966 bits per heavy atom. The number of amides is 1. The Kier molecular flexibility index (Phi) is 8.66. The summed E-state index contributed by atoms with van der Waals surface area (Å²) in [6.07, 6.45) is 5.77. The van der Waals surface area contributed by atoms with Crippen LogP contribution in [0.1, 0.15) is 65.0 Å². The van der Waals surface area contributed by atoms with Crippen LogP contribution >= 0.6 is 0 Å². The molecule has 154 valence electrons. The predicted molar refractivity (Wildman–Crippen MR) is 118 cm³/mol. The average molecular weight is 394 g/mol. The van der Waals surface area contributed by atoms with Crippen LogP contribution in [0.3, 0.4) is 0 Å². The molecule has 2 rings (SSSR count). The van der Waals surface area contributed by atoms with Gasteiger partial charge in [0.1, 0.15) is 0 Å². The first-order valence-electron chi connectivity index (χ1n) is 10.3. The molecule has 0 N–H and O–H groups in total. The number of aryl methyl sites for hydroxylation is 1. The van der Waals surface area contributed by atoms with Crippen LogP contribution in [0.4, 0.5) is 0 Å². The lowest BCUT2D eigenvalue weighted by molar-refractivity contribution is 0.0826. The van der Waals surface area contributed by atoms with E-state index < -0.39 is 0 Å². The van der Waals surface area contributed by atoms with Gasteiger partial charge in [-0.2, -0.15) is 0 Å². The van der Waals surface area contributed by atoms with Gasteiger partial charge in [-0.1, -0.05) is 63.1 Å². The number of Topliss-reactive ketones (excluding diaryl/α,β-unsaturated/α-hetero) is 1. The van der Waals surface area contributed by atoms with Crippen LogP contribution in [-0.4, -0.2) is 37.3 Å². The normalized spacial score (nSPS) is 11.2.